The minimum atomic E-state index is -0.615. The van der Waals surface area contributed by atoms with Crippen LogP contribution in [0.2, 0.25) is 0 Å². The number of hydrogen-bond donors (Lipinski definition) is 2. The maximum atomic E-state index is 10.8. The van der Waals surface area contributed by atoms with Crippen LogP contribution in [0.5, 0.6) is 0 Å². The van der Waals surface area contributed by atoms with E-state index in [-0.39, 0.29) is 6.04 Å². The molecule has 2 aromatic carbocycles. The van der Waals surface area contributed by atoms with E-state index in [0.29, 0.717) is 6.54 Å². The van der Waals surface area contributed by atoms with Gasteiger partial charge >= 0.3 is 0 Å². The number of rotatable bonds is 6. The van der Waals surface area contributed by atoms with Gasteiger partial charge in [0.1, 0.15) is 0 Å². The fourth-order valence-electron chi connectivity index (χ4n) is 2.65. The van der Waals surface area contributed by atoms with Gasteiger partial charge in [0.25, 0.3) is 0 Å². The number of nitrogens with one attached hydrogen (secondary N) is 1. The predicted octanol–water partition coefficient (Wildman–Crippen LogP) is 3.65. The van der Waals surface area contributed by atoms with Crippen LogP contribution in [0.1, 0.15) is 28.8 Å². The lowest BCUT2D eigenvalue weighted by Gasteiger charge is -2.25. The quantitative estimate of drug-likeness (QED) is 0.730. The van der Waals surface area contributed by atoms with Gasteiger partial charge in [0.15, 0.2) is 0 Å². The van der Waals surface area contributed by atoms with Crippen LogP contribution in [0.4, 0.5) is 0 Å². The number of aromatic nitrogens is 1. The lowest BCUT2D eigenvalue weighted by Crippen LogP contribution is -2.27. The Balaban J connectivity index is 1.82. The molecule has 0 amide bonds. The molecule has 3 nitrogen and oxygen atoms in total. The Labute approximate surface area is 136 Å². The van der Waals surface area contributed by atoms with Gasteiger partial charge in [0, 0.05) is 18.9 Å². The first kappa shape index (κ1) is 15.4. The highest BCUT2D eigenvalue weighted by Crippen LogP contribution is 2.28. The van der Waals surface area contributed by atoms with Crippen molar-refractivity contribution < 1.29 is 5.11 Å². The predicted molar refractivity (Wildman–Crippen MR) is 91.7 cm³/mol. The first-order chi connectivity index (χ1) is 11.3. The van der Waals surface area contributed by atoms with E-state index >= 15 is 0 Å². The molecular weight excluding hydrogens is 284 g/mol. The van der Waals surface area contributed by atoms with Gasteiger partial charge in [-0.05, 0) is 22.8 Å². The van der Waals surface area contributed by atoms with Crippen LogP contribution in [0.3, 0.4) is 0 Å². The van der Waals surface area contributed by atoms with Crippen molar-refractivity contribution in [2.24, 2.45) is 0 Å². The zero-order valence-electron chi connectivity index (χ0n) is 12.8. The van der Waals surface area contributed by atoms with Crippen molar-refractivity contribution in [1.82, 2.24) is 10.3 Å². The molecule has 3 rings (SSSR count). The molecule has 2 atom stereocenters. The van der Waals surface area contributed by atoms with E-state index in [0.717, 1.165) is 16.7 Å². The van der Waals surface area contributed by atoms with E-state index in [1.165, 1.54) is 0 Å². The number of hydrogen-bond acceptors (Lipinski definition) is 3. The Hall–Kier alpha value is -2.49. The number of nitrogens with zero attached hydrogens (tertiary/aromatic N) is 1. The molecule has 0 unspecified atom stereocenters. The summed E-state index contributed by atoms with van der Waals surface area (Å²) in [4.78, 5) is 4.14. The van der Waals surface area contributed by atoms with Gasteiger partial charge in [0.2, 0.25) is 0 Å². The summed E-state index contributed by atoms with van der Waals surface area (Å²) >= 11 is 0. The second kappa shape index (κ2) is 7.68. The van der Waals surface area contributed by atoms with Crippen molar-refractivity contribution in [3.05, 3.63) is 102 Å². The molecule has 0 spiro atoms. The lowest BCUT2D eigenvalue weighted by molar-refractivity contribution is 0.127. The minimum Gasteiger partial charge on any atom is -0.386 e. The molecule has 3 heteroatoms. The summed E-state index contributed by atoms with van der Waals surface area (Å²) in [5, 5.41) is 14.3. The number of aliphatic hydroxyl groups is 1. The Bertz CT molecular complexity index is 701. The topological polar surface area (TPSA) is 45.1 Å². The Morgan fingerprint density at radius 3 is 2.09 bits per heavy atom. The molecule has 0 aliphatic carbocycles. The molecular formula is C20H20N2O. The number of aliphatic hydroxyl groups excluding tert-OH is 1. The molecule has 0 aliphatic heterocycles. The van der Waals surface area contributed by atoms with E-state index < -0.39 is 6.10 Å². The first-order valence-electron chi connectivity index (χ1n) is 7.75. The van der Waals surface area contributed by atoms with Crippen molar-refractivity contribution in [2.75, 3.05) is 0 Å². The third-order valence-electron chi connectivity index (χ3n) is 3.86. The molecule has 1 aromatic heterocycles. The average molecular weight is 304 g/mol. The summed E-state index contributed by atoms with van der Waals surface area (Å²) in [6.07, 6.45) is 2.98. The zero-order valence-corrected chi connectivity index (χ0v) is 12.8. The highest BCUT2D eigenvalue weighted by Gasteiger charge is 2.22. The van der Waals surface area contributed by atoms with Crippen LogP contribution in [0, 0.1) is 0 Å². The van der Waals surface area contributed by atoms with Crippen LogP contribution in [-0.2, 0) is 6.54 Å². The van der Waals surface area contributed by atoms with Crippen LogP contribution < -0.4 is 5.32 Å². The molecule has 0 fully saturated rings. The van der Waals surface area contributed by atoms with Crippen molar-refractivity contribution in [2.45, 2.75) is 18.7 Å². The normalized spacial score (nSPS) is 13.4. The van der Waals surface area contributed by atoms with E-state index in [9.17, 15) is 5.11 Å². The van der Waals surface area contributed by atoms with Gasteiger partial charge in [-0.15, -0.1) is 0 Å². The minimum absolute atomic E-state index is 0.182. The van der Waals surface area contributed by atoms with E-state index in [4.69, 9.17) is 0 Å². The maximum Gasteiger partial charge on any atom is 0.0984 e. The summed E-state index contributed by atoms with van der Waals surface area (Å²) < 4.78 is 0. The van der Waals surface area contributed by atoms with Crippen LogP contribution in [0.15, 0.2) is 85.2 Å². The van der Waals surface area contributed by atoms with Gasteiger partial charge < -0.3 is 10.4 Å². The van der Waals surface area contributed by atoms with E-state index in [1.807, 2.05) is 79.0 Å². The second-order valence-corrected chi connectivity index (χ2v) is 5.49. The van der Waals surface area contributed by atoms with Gasteiger partial charge in [-0.3, -0.25) is 4.98 Å². The molecule has 1 heterocycles. The third kappa shape index (κ3) is 4.03. The van der Waals surface area contributed by atoms with Gasteiger partial charge in [-0.25, -0.2) is 0 Å². The standard InChI is InChI=1S/C20H20N2O/c23-20(18-11-5-2-6-12-18)19(17-9-3-1-4-10-17)22-15-16-8-7-13-21-14-16/h1-14,19-20,22-23H,15H2/t19-,20-/m1/s1. The molecule has 0 bridgehead atoms. The van der Waals surface area contributed by atoms with Gasteiger partial charge in [-0.1, -0.05) is 66.7 Å². The Morgan fingerprint density at radius 2 is 1.48 bits per heavy atom. The fraction of sp³-hybridized carbons (Fsp3) is 0.150. The molecule has 116 valence electrons. The van der Waals surface area contributed by atoms with Crippen LogP contribution >= 0.6 is 0 Å². The first-order valence-corrected chi connectivity index (χ1v) is 7.75. The highest BCUT2D eigenvalue weighted by molar-refractivity contribution is 5.26. The van der Waals surface area contributed by atoms with Crippen molar-refractivity contribution in [3.63, 3.8) is 0 Å². The monoisotopic (exact) mass is 304 g/mol. The van der Waals surface area contributed by atoms with Crippen molar-refractivity contribution in [3.8, 4) is 0 Å². The highest BCUT2D eigenvalue weighted by atomic mass is 16.3. The fourth-order valence-corrected chi connectivity index (χ4v) is 2.65. The summed E-state index contributed by atoms with van der Waals surface area (Å²) in [5.74, 6) is 0. The van der Waals surface area contributed by atoms with Crippen molar-refractivity contribution >= 4 is 0 Å². The molecule has 0 radical (unpaired) electrons. The largest absolute Gasteiger partial charge is 0.386 e. The van der Waals surface area contributed by atoms with Crippen LogP contribution in [-0.4, -0.2) is 10.1 Å². The SMILES string of the molecule is O[C@H](c1ccccc1)[C@H](NCc1cccnc1)c1ccccc1. The molecule has 0 aliphatic rings. The summed E-state index contributed by atoms with van der Waals surface area (Å²) in [6, 6.07) is 23.5. The zero-order chi connectivity index (χ0) is 15.9. The Kier molecular flexibility index (Phi) is 5.14. The summed E-state index contributed by atoms with van der Waals surface area (Å²) in [7, 11) is 0. The number of benzene rings is 2. The summed E-state index contributed by atoms with van der Waals surface area (Å²) in [6.45, 7) is 0.650. The lowest BCUT2D eigenvalue weighted by atomic mass is 9.95. The molecule has 2 N–H and O–H groups in total. The van der Waals surface area contributed by atoms with Crippen molar-refractivity contribution in [1.29, 1.82) is 0 Å². The van der Waals surface area contributed by atoms with E-state index in [1.54, 1.807) is 6.20 Å². The molecule has 0 saturated heterocycles. The van der Waals surface area contributed by atoms with Gasteiger partial charge in [-0.2, -0.15) is 0 Å². The average Bonchev–Trinajstić information content (AvgIpc) is 2.64. The molecule has 23 heavy (non-hydrogen) atoms. The maximum absolute atomic E-state index is 10.8. The van der Waals surface area contributed by atoms with E-state index in [2.05, 4.69) is 10.3 Å². The Morgan fingerprint density at radius 1 is 0.826 bits per heavy atom. The van der Waals surface area contributed by atoms with Crippen LogP contribution in [0.25, 0.3) is 0 Å². The summed E-state index contributed by atoms with van der Waals surface area (Å²) in [5.41, 5.74) is 3.06. The van der Waals surface area contributed by atoms with Gasteiger partial charge in [0.05, 0.1) is 12.1 Å². The molecule has 3 aromatic rings. The number of pyridine rings is 1. The molecule has 0 saturated carbocycles. The smallest absolute Gasteiger partial charge is 0.0984 e. The second-order valence-electron chi connectivity index (χ2n) is 5.49. The third-order valence-corrected chi connectivity index (χ3v) is 3.86.